The summed E-state index contributed by atoms with van der Waals surface area (Å²) in [6.07, 6.45) is 3.56. The summed E-state index contributed by atoms with van der Waals surface area (Å²) >= 11 is 0. The first-order chi connectivity index (χ1) is 15.5. The fourth-order valence-corrected chi connectivity index (χ4v) is 4.37. The van der Waals surface area contributed by atoms with E-state index >= 15 is 0 Å². The zero-order chi connectivity index (χ0) is 22.1. The van der Waals surface area contributed by atoms with Gasteiger partial charge in [-0.1, -0.05) is 0 Å². The smallest absolute Gasteiger partial charge is 0.320 e. The third-order valence-corrected chi connectivity index (χ3v) is 6.09. The van der Waals surface area contributed by atoms with E-state index in [1.165, 1.54) is 12.1 Å². The van der Waals surface area contributed by atoms with Crippen molar-refractivity contribution in [3.63, 3.8) is 0 Å². The first-order valence-electron chi connectivity index (χ1n) is 10.9. The predicted molar refractivity (Wildman–Crippen MR) is 116 cm³/mol. The lowest BCUT2D eigenvalue weighted by atomic mass is 10.1. The lowest BCUT2D eigenvalue weighted by Gasteiger charge is -2.28. The number of nitrogens with zero attached hydrogens (tertiary/aromatic N) is 5. The summed E-state index contributed by atoms with van der Waals surface area (Å²) < 4.78 is 40.6. The van der Waals surface area contributed by atoms with Crippen LogP contribution in [0.25, 0.3) is 5.69 Å². The summed E-state index contributed by atoms with van der Waals surface area (Å²) in [5.41, 5.74) is 4.36. The summed E-state index contributed by atoms with van der Waals surface area (Å²) in [6, 6.07) is 9.21. The third-order valence-electron chi connectivity index (χ3n) is 6.09. The summed E-state index contributed by atoms with van der Waals surface area (Å²) in [4.78, 5) is 16.3. The highest BCUT2D eigenvalue weighted by atomic mass is 19.4. The van der Waals surface area contributed by atoms with Crippen molar-refractivity contribution >= 4 is 5.71 Å². The van der Waals surface area contributed by atoms with Gasteiger partial charge in [-0.3, -0.25) is 9.89 Å². The molecule has 0 atom stereocenters. The molecule has 2 aliphatic rings. The molecule has 0 unspecified atom stereocenters. The molecule has 0 saturated carbocycles. The van der Waals surface area contributed by atoms with Crippen LogP contribution >= 0.6 is 0 Å². The van der Waals surface area contributed by atoms with Crippen molar-refractivity contribution < 1.29 is 13.2 Å². The van der Waals surface area contributed by atoms with Crippen molar-refractivity contribution in [1.82, 2.24) is 19.4 Å². The Hall–Kier alpha value is -3.00. The molecule has 2 aliphatic heterocycles. The quantitative estimate of drug-likeness (QED) is 0.586. The van der Waals surface area contributed by atoms with Gasteiger partial charge in [0, 0.05) is 61.9 Å². The van der Waals surface area contributed by atoms with Gasteiger partial charge in [0.1, 0.15) is 0 Å². The number of aromatic nitrogens is 3. The van der Waals surface area contributed by atoms with Crippen molar-refractivity contribution in [3.8, 4) is 5.69 Å². The zero-order valence-corrected chi connectivity index (χ0v) is 17.6. The lowest BCUT2D eigenvalue weighted by Crippen LogP contribution is -2.32. The molecular weight excluding hydrogens is 415 g/mol. The molecule has 5 rings (SSSR count). The molecule has 0 aliphatic carbocycles. The van der Waals surface area contributed by atoms with Gasteiger partial charge in [-0.15, -0.1) is 0 Å². The average molecular weight is 439 g/mol. The minimum absolute atomic E-state index is 0.638. The Kier molecular flexibility index (Phi) is 5.55. The van der Waals surface area contributed by atoms with Crippen LogP contribution in [0.5, 0.6) is 0 Å². The predicted octanol–water partition coefficient (Wildman–Crippen LogP) is 4.82. The van der Waals surface area contributed by atoms with E-state index in [4.69, 9.17) is 4.98 Å². The first-order valence-corrected chi connectivity index (χ1v) is 10.9. The Bertz CT molecular complexity index is 1130. The van der Waals surface area contributed by atoms with Gasteiger partial charge < -0.3 is 4.57 Å². The maximum absolute atomic E-state index is 12.9. The molecule has 3 aromatic rings. The van der Waals surface area contributed by atoms with Crippen LogP contribution in [0, 0.1) is 0 Å². The monoisotopic (exact) mass is 439 g/mol. The highest BCUT2D eigenvalue weighted by molar-refractivity contribution is 5.97. The molecule has 166 valence electrons. The number of hydrogen-bond donors (Lipinski definition) is 0. The van der Waals surface area contributed by atoms with Gasteiger partial charge in [0.2, 0.25) is 0 Å². The van der Waals surface area contributed by atoms with E-state index in [1.54, 1.807) is 0 Å². The Morgan fingerprint density at radius 1 is 1.00 bits per heavy atom. The third kappa shape index (κ3) is 4.32. The van der Waals surface area contributed by atoms with Crippen molar-refractivity contribution in [1.29, 1.82) is 0 Å². The molecule has 4 heterocycles. The number of hydrogen-bond acceptors (Lipinski definition) is 4. The van der Waals surface area contributed by atoms with Gasteiger partial charge in [0.05, 0.1) is 17.0 Å². The molecule has 0 N–H and O–H groups in total. The molecule has 0 amide bonds. The largest absolute Gasteiger partial charge is 0.416 e. The van der Waals surface area contributed by atoms with Gasteiger partial charge in [-0.25, -0.2) is 9.97 Å². The molecule has 0 saturated heterocycles. The van der Waals surface area contributed by atoms with Crippen molar-refractivity contribution in [2.24, 2.45) is 4.99 Å². The van der Waals surface area contributed by atoms with E-state index in [2.05, 4.69) is 14.9 Å². The second-order valence-corrected chi connectivity index (χ2v) is 8.33. The van der Waals surface area contributed by atoms with Gasteiger partial charge >= 0.3 is 6.18 Å². The van der Waals surface area contributed by atoms with Crippen LogP contribution in [-0.2, 0) is 25.7 Å². The Morgan fingerprint density at radius 2 is 1.84 bits per heavy atom. The van der Waals surface area contributed by atoms with Crippen molar-refractivity contribution in [2.75, 3.05) is 13.1 Å². The number of fused-ring (bicyclic) bond motifs is 1. The van der Waals surface area contributed by atoms with E-state index in [9.17, 15) is 13.2 Å². The van der Waals surface area contributed by atoms with Crippen LogP contribution in [0.15, 0.2) is 53.8 Å². The minimum atomic E-state index is -4.33. The second-order valence-electron chi connectivity index (χ2n) is 8.33. The van der Waals surface area contributed by atoms with E-state index in [-0.39, 0.29) is 0 Å². The first kappa shape index (κ1) is 20.9. The van der Waals surface area contributed by atoms with Gasteiger partial charge in [-0.2, -0.15) is 13.2 Å². The molecule has 0 spiro atoms. The van der Waals surface area contributed by atoms with E-state index in [0.29, 0.717) is 6.54 Å². The van der Waals surface area contributed by atoms with Crippen LogP contribution < -0.4 is 0 Å². The molecule has 8 heteroatoms. The van der Waals surface area contributed by atoms with Crippen molar-refractivity contribution in [2.45, 2.75) is 44.9 Å². The molecule has 0 bridgehead atoms. The van der Waals surface area contributed by atoms with E-state index in [1.807, 2.05) is 29.1 Å². The van der Waals surface area contributed by atoms with Gasteiger partial charge in [0.25, 0.3) is 0 Å². The molecular formula is C24H24F3N5. The van der Waals surface area contributed by atoms with Crippen LogP contribution in [0.2, 0.25) is 0 Å². The number of aliphatic imine (C=N–C) groups is 1. The van der Waals surface area contributed by atoms with Gasteiger partial charge in [0.15, 0.2) is 5.82 Å². The SMILES string of the molecule is FC(F)(F)c1ccc(-n2cccc2CN2CCc3nc(C4=NCCCC4)ncc3C2)cc1. The second kappa shape index (κ2) is 8.50. The Labute approximate surface area is 184 Å². The summed E-state index contributed by atoms with van der Waals surface area (Å²) in [5, 5.41) is 0. The maximum atomic E-state index is 12.9. The van der Waals surface area contributed by atoms with E-state index < -0.39 is 11.7 Å². The topological polar surface area (TPSA) is 46.3 Å². The number of rotatable bonds is 4. The van der Waals surface area contributed by atoms with Crippen LogP contribution in [0.4, 0.5) is 13.2 Å². The van der Waals surface area contributed by atoms with Crippen molar-refractivity contribution in [3.05, 3.63) is 77.1 Å². The normalized spacial score (nSPS) is 17.2. The van der Waals surface area contributed by atoms with Crippen LogP contribution in [0.1, 0.15) is 47.6 Å². The standard InChI is InChI=1S/C24H24F3N5/c25-24(26,27)18-6-8-19(9-7-18)32-12-3-4-20(32)16-31-13-10-21-17(15-31)14-29-23(30-21)22-5-1-2-11-28-22/h3-4,6-9,12,14H,1-2,5,10-11,13,15-16H2. The minimum Gasteiger partial charge on any atom is -0.320 e. The maximum Gasteiger partial charge on any atom is 0.416 e. The summed E-state index contributed by atoms with van der Waals surface area (Å²) in [5.74, 6) is 0.771. The molecule has 0 radical (unpaired) electrons. The number of alkyl halides is 3. The highest BCUT2D eigenvalue weighted by Gasteiger charge is 2.30. The summed E-state index contributed by atoms with van der Waals surface area (Å²) in [7, 11) is 0. The molecule has 2 aromatic heterocycles. The molecule has 32 heavy (non-hydrogen) atoms. The van der Waals surface area contributed by atoms with Gasteiger partial charge in [-0.05, 0) is 55.7 Å². The van der Waals surface area contributed by atoms with Crippen LogP contribution in [0.3, 0.4) is 0 Å². The molecule has 1 aromatic carbocycles. The zero-order valence-electron chi connectivity index (χ0n) is 17.6. The fraction of sp³-hybridized carbons (Fsp3) is 0.375. The summed E-state index contributed by atoms with van der Waals surface area (Å²) in [6.45, 7) is 3.18. The Morgan fingerprint density at radius 3 is 2.59 bits per heavy atom. The fourth-order valence-electron chi connectivity index (χ4n) is 4.37. The lowest BCUT2D eigenvalue weighted by molar-refractivity contribution is -0.137. The van der Waals surface area contributed by atoms with Crippen LogP contribution in [-0.4, -0.2) is 38.2 Å². The number of benzene rings is 1. The Balaban J connectivity index is 1.30. The number of halogens is 3. The average Bonchev–Trinajstić information content (AvgIpc) is 3.27. The highest BCUT2D eigenvalue weighted by Crippen LogP contribution is 2.30. The molecule has 0 fully saturated rings. The molecule has 5 nitrogen and oxygen atoms in total. The van der Waals surface area contributed by atoms with E-state index in [0.717, 1.165) is 91.6 Å².